The summed E-state index contributed by atoms with van der Waals surface area (Å²) in [5.41, 5.74) is 0.603. The largest absolute Gasteiger partial charge is 0.496 e. The number of nitrogens with zero attached hydrogens (tertiary/aromatic N) is 2. The number of H-pyrrole nitrogens is 1. The fourth-order valence-electron chi connectivity index (χ4n) is 2.22. The first kappa shape index (κ1) is 13.1. The van der Waals surface area contributed by atoms with Crippen LogP contribution in [0.5, 0.6) is 5.75 Å². The van der Waals surface area contributed by atoms with Gasteiger partial charge in [-0.05, 0) is 17.5 Å². The highest BCUT2D eigenvalue weighted by Crippen LogP contribution is 2.28. The second-order valence-electron chi connectivity index (χ2n) is 4.48. The molecule has 6 heteroatoms. The Kier molecular flexibility index (Phi) is 3.51. The number of carbonyl (C=O) groups excluding carboxylic acids is 1. The van der Waals surface area contributed by atoms with Gasteiger partial charge in [-0.15, -0.1) is 0 Å². The van der Waals surface area contributed by atoms with Gasteiger partial charge in [0.1, 0.15) is 17.9 Å². The molecule has 0 aliphatic carbocycles. The highest BCUT2D eigenvalue weighted by molar-refractivity contribution is 6.08. The minimum atomic E-state index is -0.162. The molecule has 1 aromatic heterocycles. The van der Waals surface area contributed by atoms with Crippen LogP contribution in [0.3, 0.4) is 0 Å². The fourth-order valence-corrected chi connectivity index (χ4v) is 2.22. The maximum absolute atomic E-state index is 12.3. The number of nitrogens with one attached hydrogen (secondary N) is 2. The molecule has 106 valence electrons. The maximum atomic E-state index is 12.3. The van der Waals surface area contributed by atoms with Crippen LogP contribution in [-0.4, -0.2) is 28.2 Å². The van der Waals surface area contributed by atoms with Gasteiger partial charge in [-0.25, -0.2) is 4.98 Å². The van der Waals surface area contributed by atoms with E-state index >= 15 is 0 Å². The maximum Gasteiger partial charge on any atom is 0.252 e. The van der Waals surface area contributed by atoms with E-state index < -0.39 is 0 Å². The Balaban J connectivity index is 1.91. The molecule has 0 saturated carbocycles. The molecule has 0 atom stereocenters. The monoisotopic (exact) mass is 282 g/mol. The van der Waals surface area contributed by atoms with Gasteiger partial charge in [0.15, 0.2) is 0 Å². The van der Waals surface area contributed by atoms with Gasteiger partial charge in [-0.2, -0.15) is 5.10 Å². The average molecular weight is 282 g/mol. The first-order valence-corrected chi connectivity index (χ1v) is 6.48. The Morgan fingerprint density at radius 2 is 2.05 bits per heavy atom. The van der Waals surface area contributed by atoms with E-state index in [4.69, 9.17) is 4.74 Å². The van der Waals surface area contributed by atoms with Crippen molar-refractivity contribution in [2.75, 3.05) is 7.11 Å². The highest BCUT2D eigenvalue weighted by Gasteiger charge is 2.12. The van der Waals surface area contributed by atoms with Gasteiger partial charge in [0.25, 0.3) is 5.91 Å². The number of aromatic nitrogens is 3. The van der Waals surface area contributed by atoms with Crippen molar-refractivity contribution in [2.24, 2.45) is 0 Å². The van der Waals surface area contributed by atoms with Gasteiger partial charge < -0.3 is 10.1 Å². The van der Waals surface area contributed by atoms with E-state index in [1.807, 2.05) is 24.3 Å². The van der Waals surface area contributed by atoms with Crippen LogP contribution in [-0.2, 0) is 6.54 Å². The molecule has 2 aromatic carbocycles. The molecule has 0 fully saturated rings. The van der Waals surface area contributed by atoms with Crippen molar-refractivity contribution in [1.82, 2.24) is 20.5 Å². The summed E-state index contributed by atoms with van der Waals surface area (Å²) in [6.07, 6.45) is 1.41. The average Bonchev–Trinajstić information content (AvgIpc) is 3.05. The van der Waals surface area contributed by atoms with Crippen LogP contribution in [0.4, 0.5) is 0 Å². The minimum absolute atomic E-state index is 0.162. The lowest BCUT2D eigenvalue weighted by Gasteiger charge is -2.10. The lowest BCUT2D eigenvalue weighted by atomic mass is 10.0. The summed E-state index contributed by atoms with van der Waals surface area (Å²) in [6, 6.07) is 11.2. The van der Waals surface area contributed by atoms with Crippen LogP contribution in [0.2, 0.25) is 0 Å². The number of hydrogen-bond donors (Lipinski definition) is 2. The molecule has 0 unspecified atom stereocenters. The van der Waals surface area contributed by atoms with Crippen LogP contribution in [0.25, 0.3) is 10.8 Å². The normalized spacial score (nSPS) is 10.5. The number of rotatable bonds is 4. The molecule has 3 aromatic rings. The van der Waals surface area contributed by atoms with Gasteiger partial charge in [-0.3, -0.25) is 9.89 Å². The number of amides is 1. The molecule has 0 aliphatic heterocycles. The van der Waals surface area contributed by atoms with Gasteiger partial charge in [0, 0.05) is 10.9 Å². The van der Waals surface area contributed by atoms with Gasteiger partial charge >= 0.3 is 0 Å². The predicted molar refractivity (Wildman–Crippen MR) is 78.1 cm³/mol. The summed E-state index contributed by atoms with van der Waals surface area (Å²) < 4.78 is 5.33. The third-order valence-corrected chi connectivity index (χ3v) is 3.23. The number of aromatic amines is 1. The lowest BCUT2D eigenvalue weighted by Crippen LogP contribution is -2.23. The van der Waals surface area contributed by atoms with Crippen molar-refractivity contribution in [3.63, 3.8) is 0 Å². The van der Waals surface area contributed by atoms with Crippen LogP contribution in [0.15, 0.2) is 42.7 Å². The number of methoxy groups -OCH3 is 1. The molecule has 0 bridgehead atoms. The number of ether oxygens (including phenoxy) is 1. The Labute approximate surface area is 121 Å². The zero-order valence-corrected chi connectivity index (χ0v) is 11.5. The van der Waals surface area contributed by atoms with Crippen molar-refractivity contribution < 1.29 is 9.53 Å². The number of carbonyl (C=O) groups is 1. The Bertz CT molecular complexity index is 768. The summed E-state index contributed by atoms with van der Waals surface area (Å²) in [7, 11) is 1.62. The second-order valence-corrected chi connectivity index (χ2v) is 4.48. The summed E-state index contributed by atoms with van der Waals surface area (Å²) in [5.74, 6) is 1.20. The smallest absolute Gasteiger partial charge is 0.252 e. The van der Waals surface area contributed by atoms with E-state index in [0.717, 1.165) is 16.5 Å². The Morgan fingerprint density at radius 1 is 1.24 bits per heavy atom. The number of fused-ring (bicyclic) bond motifs is 1. The van der Waals surface area contributed by atoms with Crippen LogP contribution >= 0.6 is 0 Å². The highest BCUT2D eigenvalue weighted by atomic mass is 16.5. The van der Waals surface area contributed by atoms with Gasteiger partial charge in [-0.1, -0.05) is 24.3 Å². The molecule has 3 rings (SSSR count). The predicted octanol–water partition coefficient (Wildman–Crippen LogP) is 1.90. The van der Waals surface area contributed by atoms with Crippen molar-refractivity contribution >= 4 is 16.7 Å². The van der Waals surface area contributed by atoms with Gasteiger partial charge in [0.2, 0.25) is 0 Å². The van der Waals surface area contributed by atoms with Crippen molar-refractivity contribution in [3.05, 3.63) is 54.1 Å². The van der Waals surface area contributed by atoms with E-state index in [2.05, 4.69) is 20.5 Å². The summed E-state index contributed by atoms with van der Waals surface area (Å²) in [6.45, 7) is 0.305. The van der Waals surface area contributed by atoms with Crippen molar-refractivity contribution in [3.8, 4) is 5.75 Å². The standard InChI is InChI=1S/C15H14N4O2/c1-21-13-7-6-12(10-4-2-3-5-11(10)13)15(20)16-8-14-17-9-18-19-14/h2-7,9H,8H2,1H3,(H,16,20)(H,17,18,19). The van der Waals surface area contributed by atoms with Crippen LogP contribution in [0, 0.1) is 0 Å². The van der Waals surface area contributed by atoms with Crippen LogP contribution < -0.4 is 10.1 Å². The molecule has 0 spiro atoms. The summed E-state index contributed by atoms with van der Waals surface area (Å²) >= 11 is 0. The molecule has 0 radical (unpaired) electrons. The Morgan fingerprint density at radius 3 is 2.76 bits per heavy atom. The first-order valence-electron chi connectivity index (χ1n) is 6.48. The lowest BCUT2D eigenvalue weighted by molar-refractivity contribution is 0.0951. The SMILES string of the molecule is COc1ccc(C(=O)NCc2ncn[nH]2)c2ccccc12. The molecule has 1 heterocycles. The molecule has 6 nitrogen and oxygen atoms in total. The van der Waals surface area contributed by atoms with E-state index in [1.54, 1.807) is 19.2 Å². The van der Waals surface area contributed by atoms with Gasteiger partial charge in [0.05, 0.1) is 13.7 Å². The molecule has 2 N–H and O–H groups in total. The van der Waals surface area contributed by atoms with Crippen molar-refractivity contribution in [2.45, 2.75) is 6.54 Å². The van der Waals surface area contributed by atoms with E-state index in [0.29, 0.717) is 17.9 Å². The zero-order chi connectivity index (χ0) is 14.7. The van der Waals surface area contributed by atoms with Crippen LogP contribution in [0.1, 0.15) is 16.2 Å². The molecule has 0 saturated heterocycles. The molecular formula is C15H14N4O2. The molecule has 21 heavy (non-hydrogen) atoms. The molecule has 1 amide bonds. The molecular weight excluding hydrogens is 268 g/mol. The first-order chi connectivity index (χ1) is 10.3. The number of benzene rings is 2. The minimum Gasteiger partial charge on any atom is -0.496 e. The Hall–Kier alpha value is -2.89. The van der Waals surface area contributed by atoms with Crippen molar-refractivity contribution in [1.29, 1.82) is 0 Å². The van der Waals surface area contributed by atoms with E-state index in [-0.39, 0.29) is 5.91 Å². The third-order valence-electron chi connectivity index (χ3n) is 3.23. The van der Waals surface area contributed by atoms with E-state index in [1.165, 1.54) is 6.33 Å². The molecule has 0 aliphatic rings. The fraction of sp³-hybridized carbons (Fsp3) is 0.133. The zero-order valence-electron chi connectivity index (χ0n) is 11.5. The summed E-state index contributed by atoms with van der Waals surface area (Å²) in [5, 5.41) is 11.0. The quantitative estimate of drug-likeness (QED) is 0.766. The third kappa shape index (κ3) is 2.55. The summed E-state index contributed by atoms with van der Waals surface area (Å²) in [4.78, 5) is 16.3. The second kappa shape index (κ2) is 5.62. The topological polar surface area (TPSA) is 79.9 Å². The number of hydrogen-bond acceptors (Lipinski definition) is 4. The van der Waals surface area contributed by atoms with E-state index in [9.17, 15) is 4.79 Å².